The van der Waals surface area contributed by atoms with Crippen molar-refractivity contribution in [3.63, 3.8) is 0 Å². The SMILES string of the molecule is O=C(CO)NCCc1ccc2[nH]c(=O)[nH]c2c1. The van der Waals surface area contributed by atoms with Gasteiger partial charge in [0.15, 0.2) is 0 Å². The highest BCUT2D eigenvalue weighted by molar-refractivity contribution is 5.77. The second kappa shape index (κ2) is 4.84. The molecule has 0 bridgehead atoms. The van der Waals surface area contributed by atoms with Gasteiger partial charge in [0.25, 0.3) is 0 Å². The molecule has 0 unspecified atom stereocenters. The Balaban J connectivity index is 2.04. The van der Waals surface area contributed by atoms with Crippen LogP contribution in [0.3, 0.4) is 0 Å². The number of hydrogen-bond donors (Lipinski definition) is 4. The first-order chi connectivity index (χ1) is 8.19. The van der Waals surface area contributed by atoms with E-state index in [1.54, 1.807) is 0 Å². The lowest BCUT2D eigenvalue weighted by Crippen LogP contribution is -2.28. The van der Waals surface area contributed by atoms with E-state index in [2.05, 4.69) is 15.3 Å². The maximum Gasteiger partial charge on any atom is 0.323 e. The Bertz CT molecular complexity index is 585. The zero-order valence-electron chi connectivity index (χ0n) is 9.12. The minimum absolute atomic E-state index is 0.231. The van der Waals surface area contributed by atoms with Gasteiger partial charge >= 0.3 is 5.69 Å². The van der Waals surface area contributed by atoms with Crippen molar-refractivity contribution < 1.29 is 9.90 Å². The molecule has 17 heavy (non-hydrogen) atoms. The van der Waals surface area contributed by atoms with E-state index in [1.165, 1.54) is 0 Å². The van der Waals surface area contributed by atoms with Crippen molar-refractivity contribution in [1.82, 2.24) is 15.3 Å². The van der Waals surface area contributed by atoms with Crippen molar-refractivity contribution in [3.05, 3.63) is 34.2 Å². The molecule has 0 spiro atoms. The number of aromatic nitrogens is 2. The standard InChI is InChI=1S/C11H13N3O3/c15-6-10(16)12-4-3-7-1-2-8-9(5-7)14-11(17)13-8/h1-2,5,15H,3-4,6H2,(H,12,16)(H2,13,14,17). The summed E-state index contributed by atoms with van der Waals surface area (Å²) in [6.07, 6.45) is 0.648. The highest BCUT2D eigenvalue weighted by atomic mass is 16.3. The van der Waals surface area contributed by atoms with E-state index in [4.69, 9.17) is 5.11 Å². The van der Waals surface area contributed by atoms with Crippen molar-refractivity contribution in [2.75, 3.05) is 13.2 Å². The van der Waals surface area contributed by atoms with Crippen LogP contribution in [-0.4, -0.2) is 34.1 Å². The second-order valence-corrected chi connectivity index (χ2v) is 3.72. The minimum atomic E-state index is -0.496. The largest absolute Gasteiger partial charge is 0.387 e. The van der Waals surface area contributed by atoms with E-state index < -0.39 is 6.61 Å². The number of aliphatic hydroxyl groups is 1. The zero-order valence-corrected chi connectivity index (χ0v) is 9.12. The Hall–Kier alpha value is -2.08. The predicted molar refractivity (Wildman–Crippen MR) is 62.7 cm³/mol. The van der Waals surface area contributed by atoms with E-state index in [0.717, 1.165) is 16.6 Å². The third-order valence-corrected chi connectivity index (χ3v) is 2.46. The third kappa shape index (κ3) is 2.73. The van der Waals surface area contributed by atoms with Crippen LogP contribution < -0.4 is 11.0 Å². The van der Waals surface area contributed by atoms with Crippen LogP contribution in [0.5, 0.6) is 0 Å². The number of aromatic amines is 2. The highest BCUT2D eigenvalue weighted by Gasteiger charge is 2.01. The van der Waals surface area contributed by atoms with Crippen molar-refractivity contribution in [3.8, 4) is 0 Å². The number of aliphatic hydroxyl groups excluding tert-OH is 1. The van der Waals surface area contributed by atoms with Gasteiger partial charge < -0.3 is 20.4 Å². The van der Waals surface area contributed by atoms with Gasteiger partial charge in [0.2, 0.25) is 5.91 Å². The number of imidazole rings is 1. The van der Waals surface area contributed by atoms with E-state index in [0.29, 0.717) is 13.0 Å². The Kier molecular flexibility index (Phi) is 3.24. The highest BCUT2D eigenvalue weighted by Crippen LogP contribution is 2.10. The number of carbonyl (C=O) groups is 1. The molecule has 0 saturated heterocycles. The van der Waals surface area contributed by atoms with Crippen LogP contribution in [0.15, 0.2) is 23.0 Å². The molecule has 1 heterocycles. The van der Waals surface area contributed by atoms with Crippen LogP contribution >= 0.6 is 0 Å². The second-order valence-electron chi connectivity index (χ2n) is 3.72. The van der Waals surface area contributed by atoms with Gasteiger partial charge in [-0.05, 0) is 24.1 Å². The first-order valence-corrected chi connectivity index (χ1v) is 5.27. The summed E-state index contributed by atoms with van der Waals surface area (Å²) in [6.45, 7) is -0.0380. The molecule has 1 aromatic carbocycles. The van der Waals surface area contributed by atoms with Crippen molar-refractivity contribution >= 4 is 16.9 Å². The summed E-state index contributed by atoms with van der Waals surface area (Å²) in [5.41, 5.74) is 2.29. The topological polar surface area (TPSA) is 98.0 Å². The van der Waals surface area contributed by atoms with Gasteiger partial charge in [-0.25, -0.2) is 4.79 Å². The smallest absolute Gasteiger partial charge is 0.323 e. The molecule has 2 aromatic rings. The molecule has 0 aliphatic rings. The number of nitrogens with one attached hydrogen (secondary N) is 3. The molecule has 4 N–H and O–H groups in total. The molecule has 0 fully saturated rings. The van der Waals surface area contributed by atoms with E-state index in [9.17, 15) is 9.59 Å². The lowest BCUT2D eigenvalue weighted by atomic mass is 10.1. The molecule has 1 aromatic heterocycles. The van der Waals surface area contributed by atoms with Crippen molar-refractivity contribution in [2.45, 2.75) is 6.42 Å². The summed E-state index contributed by atoms with van der Waals surface area (Å²) < 4.78 is 0. The Labute approximate surface area is 96.7 Å². The molecule has 90 valence electrons. The van der Waals surface area contributed by atoms with E-state index in [1.807, 2.05) is 18.2 Å². The molecule has 0 aliphatic carbocycles. The Morgan fingerprint density at radius 3 is 2.82 bits per heavy atom. The van der Waals surface area contributed by atoms with Crippen LogP contribution in [0, 0.1) is 0 Å². The molecule has 0 saturated carbocycles. The van der Waals surface area contributed by atoms with Gasteiger partial charge in [-0.2, -0.15) is 0 Å². The number of rotatable bonds is 4. The van der Waals surface area contributed by atoms with Crippen LogP contribution in [0.25, 0.3) is 11.0 Å². The summed E-state index contributed by atoms with van der Waals surface area (Å²) in [7, 11) is 0. The number of amides is 1. The van der Waals surface area contributed by atoms with Gasteiger partial charge in [-0.1, -0.05) is 6.07 Å². The van der Waals surface area contributed by atoms with Gasteiger partial charge in [0, 0.05) is 6.54 Å². The predicted octanol–water partition coefficient (Wildman–Crippen LogP) is -0.493. The number of carbonyl (C=O) groups excluding carboxylic acids is 1. The van der Waals surface area contributed by atoms with Crippen LogP contribution in [-0.2, 0) is 11.2 Å². The fourth-order valence-corrected chi connectivity index (χ4v) is 1.64. The average molecular weight is 235 g/mol. The van der Waals surface area contributed by atoms with Gasteiger partial charge in [0.05, 0.1) is 11.0 Å². The molecule has 2 rings (SSSR count). The Morgan fingerprint density at radius 1 is 1.29 bits per heavy atom. The molecule has 6 heteroatoms. The zero-order chi connectivity index (χ0) is 12.3. The van der Waals surface area contributed by atoms with Crippen molar-refractivity contribution in [1.29, 1.82) is 0 Å². The maximum absolute atomic E-state index is 11.0. The maximum atomic E-state index is 11.0. The molecule has 0 radical (unpaired) electrons. The van der Waals surface area contributed by atoms with Crippen LogP contribution in [0.2, 0.25) is 0 Å². The summed E-state index contributed by atoms with van der Waals surface area (Å²) in [5, 5.41) is 11.1. The van der Waals surface area contributed by atoms with E-state index in [-0.39, 0.29) is 11.6 Å². The van der Waals surface area contributed by atoms with Crippen molar-refractivity contribution in [2.24, 2.45) is 0 Å². The molecular weight excluding hydrogens is 222 g/mol. The molecule has 0 aliphatic heterocycles. The quantitative estimate of drug-likeness (QED) is 0.575. The van der Waals surface area contributed by atoms with Crippen LogP contribution in [0.4, 0.5) is 0 Å². The summed E-state index contributed by atoms with van der Waals surface area (Å²) >= 11 is 0. The number of fused-ring (bicyclic) bond motifs is 1. The molecular formula is C11H13N3O3. The van der Waals surface area contributed by atoms with Crippen LogP contribution in [0.1, 0.15) is 5.56 Å². The third-order valence-electron chi connectivity index (χ3n) is 2.46. The summed E-state index contributed by atoms with van der Waals surface area (Å²) in [5.74, 6) is -0.388. The van der Waals surface area contributed by atoms with Gasteiger partial charge in [-0.15, -0.1) is 0 Å². The summed E-state index contributed by atoms with van der Waals surface area (Å²) in [6, 6.07) is 5.56. The first kappa shape index (κ1) is 11.4. The Morgan fingerprint density at radius 2 is 2.06 bits per heavy atom. The normalized spacial score (nSPS) is 10.6. The lowest BCUT2D eigenvalue weighted by molar-refractivity contribution is -0.123. The fraction of sp³-hybridized carbons (Fsp3) is 0.273. The monoisotopic (exact) mass is 235 g/mol. The molecule has 1 amide bonds. The molecule has 6 nitrogen and oxygen atoms in total. The first-order valence-electron chi connectivity index (χ1n) is 5.27. The molecule has 0 atom stereocenters. The summed E-state index contributed by atoms with van der Waals surface area (Å²) in [4.78, 5) is 27.2. The minimum Gasteiger partial charge on any atom is -0.387 e. The van der Waals surface area contributed by atoms with Gasteiger partial charge in [0.1, 0.15) is 6.61 Å². The number of hydrogen-bond acceptors (Lipinski definition) is 3. The van der Waals surface area contributed by atoms with Gasteiger partial charge in [-0.3, -0.25) is 4.79 Å². The fourth-order valence-electron chi connectivity index (χ4n) is 1.64. The van der Waals surface area contributed by atoms with E-state index >= 15 is 0 Å². The average Bonchev–Trinajstić information content (AvgIpc) is 2.68. The number of benzene rings is 1. The lowest BCUT2D eigenvalue weighted by Gasteiger charge is -2.03. The number of H-pyrrole nitrogens is 2.